The zero-order valence-corrected chi connectivity index (χ0v) is 10.3. The first-order valence-corrected chi connectivity index (χ1v) is 5.61. The van der Waals surface area contributed by atoms with Crippen LogP contribution in [-0.2, 0) is 7.05 Å². The fourth-order valence-corrected chi connectivity index (χ4v) is 1.64. The third-order valence-corrected chi connectivity index (χ3v) is 2.74. The van der Waals surface area contributed by atoms with Gasteiger partial charge in [0.15, 0.2) is 6.61 Å². The van der Waals surface area contributed by atoms with Crippen LogP contribution in [0.5, 0.6) is 5.75 Å². The van der Waals surface area contributed by atoms with Crippen molar-refractivity contribution < 1.29 is 13.9 Å². The van der Waals surface area contributed by atoms with Gasteiger partial charge in [-0.1, -0.05) is 6.07 Å². The first-order chi connectivity index (χ1) is 8.58. The van der Waals surface area contributed by atoms with E-state index in [9.17, 15) is 9.18 Å². The quantitative estimate of drug-likeness (QED) is 0.778. The number of benzene rings is 1. The molecule has 0 fully saturated rings. The van der Waals surface area contributed by atoms with Gasteiger partial charge < -0.3 is 9.30 Å². The van der Waals surface area contributed by atoms with Crippen molar-refractivity contribution in [3.05, 3.63) is 53.6 Å². The molecule has 0 amide bonds. The van der Waals surface area contributed by atoms with Crippen LogP contribution >= 0.6 is 0 Å². The number of halogens is 1. The molecule has 3 nitrogen and oxygen atoms in total. The highest BCUT2D eigenvalue weighted by Gasteiger charge is 2.10. The van der Waals surface area contributed by atoms with Crippen LogP contribution in [0.4, 0.5) is 4.39 Å². The number of aromatic nitrogens is 1. The molecule has 0 aliphatic heterocycles. The van der Waals surface area contributed by atoms with Gasteiger partial charge >= 0.3 is 0 Å². The Morgan fingerprint density at radius 3 is 2.78 bits per heavy atom. The lowest BCUT2D eigenvalue weighted by Gasteiger charge is -2.07. The van der Waals surface area contributed by atoms with Crippen molar-refractivity contribution in [1.29, 1.82) is 0 Å². The Morgan fingerprint density at radius 1 is 1.39 bits per heavy atom. The first kappa shape index (κ1) is 12.4. The summed E-state index contributed by atoms with van der Waals surface area (Å²) in [5, 5.41) is 0. The van der Waals surface area contributed by atoms with Crippen LogP contribution in [-0.4, -0.2) is 17.0 Å². The molecule has 94 valence electrons. The van der Waals surface area contributed by atoms with E-state index in [1.807, 2.05) is 0 Å². The van der Waals surface area contributed by atoms with Crippen LogP contribution < -0.4 is 4.74 Å². The fourth-order valence-electron chi connectivity index (χ4n) is 1.64. The topological polar surface area (TPSA) is 31.2 Å². The molecule has 0 aliphatic carbocycles. The van der Waals surface area contributed by atoms with Gasteiger partial charge in [-0.15, -0.1) is 0 Å². The zero-order chi connectivity index (χ0) is 13.1. The Kier molecular flexibility index (Phi) is 3.46. The molecule has 1 aromatic carbocycles. The van der Waals surface area contributed by atoms with Crippen molar-refractivity contribution >= 4 is 5.78 Å². The highest BCUT2D eigenvalue weighted by molar-refractivity contribution is 5.95. The largest absolute Gasteiger partial charge is 0.485 e. The summed E-state index contributed by atoms with van der Waals surface area (Å²) in [6.45, 7) is 1.58. The van der Waals surface area contributed by atoms with Crippen LogP contribution in [0.15, 0.2) is 36.5 Å². The second-order valence-electron chi connectivity index (χ2n) is 4.13. The molecule has 0 saturated carbocycles. The van der Waals surface area contributed by atoms with Gasteiger partial charge in [-0.05, 0) is 30.7 Å². The van der Waals surface area contributed by atoms with Gasteiger partial charge in [0.2, 0.25) is 5.78 Å². The monoisotopic (exact) mass is 247 g/mol. The highest BCUT2D eigenvalue weighted by Crippen LogP contribution is 2.16. The van der Waals surface area contributed by atoms with E-state index < -0.39 is 0 Å². The number of carbonyl (C=O) groups excluding carboxylic acids is 1. The van der Waals surface area contributed by atoms with Gasteiger partial charge in [0.1, 0.15) is 11.6 Å². The number of rotatable bonds is 4. The second kappa shape index (κ2) is 5.04. The Labute approximate surface area is 105 Å². The highest BCUT2D eigenvalue weighted by atomic mass is 19.1. The summed E-state index contributed by atoms with van der Waals surface area (Å²) < 4.78 is 20.3. The molecule has 2 aromatic rings. The number of aryl methyl sites for hydroxylation is 2. The third kappa shape index (κ3) is 2.59. The number of ether oxygens (including phenoxy) is 1. The van der Waals surface area contributed by atoms with Crippen LogP contribution in [0, 0.1) is 12.7 Å². The molecular formula is C14H14FNO2. The Balaban J connectivity index is 2.02. The lowest BCUT2D eigenvalue weighted by Crippen LogP contribution is -2.14. The minimum Gasteiger partial charge on any atom is -0.485 e. The molecule has 1 aromatic heterocycles. The molecule has 0 bridgehead atoms. The van der Waals surface area contributed by atoms with E-state index >= 15 is 0 Å². The lowest BCUT2D eigenvalue weighted by molar-refractivity contribution is 0.0913. The number of Topliss-reactive ketones (excluding diaryl/α,β-unsaturated/α-hetero) is 1. The first-order valence-electron chi connectivity index (χ1n) is 5.61. The van der Waals surface area contributed by atoms with E-state index in [0.717, 1.165) is 0 Å². The average Bonchev–Trinajstić information content (AvgIpc) is 2.77. The van der Waals surface area contributed by atoms with Crippen LogP contribution in [0.2, 0.25) is 0 Å². The van der Waals surface area contributed by atoms with Crippen LogP contribution in [0.25, 0.3) is 0 Å². The van der Waals surface area contributed by atoms with Crippen LogP contribution in [0.3, 0.4) is 0 Å². The van der Waals surface area contributed by atoms with E-state index in [2.05, 4.69) is 0 Å². The number of nitrogens with zero attached hydrogens (tertiary/aromatic N) is 1. The van der Waals surface area contributed by atoms with Crippen molar-refractivity contribution in [3.63, 3.8) is 0 Å². The fraction of sp³-hybridized carbons (Fsp3) is 0.214. The summed E-state index contributed by atoms with van der Waals surface area (Å²) in [6, 6.07) is 8.07. The molecule has 0 unspecified atom stereocenters. The summed E-state index contributed by atoms with van der Waals surface area (Å²) in [5.74, 6) is -0.108. The molecule has 0 N–H and O–H groups in total. The summed E-state index contributed by atoms with van der Waals surface area (Å²) in [4.78, 5) is 11.8. The molecule has 2 rings (SSSR count). The maximum Gasteiger partial charge on any atom is 0.216 e. The van der Waals surface area contributed by atoms with Crippen molar-refractivity contribution in [3.8, 4) is 5.75 Å². The summed E-state index contributed by atoms with van der Waals surface area (Å²) in [7, 11) is 1.79. The van der Waals surface area contributed by atoms with Crippen molar-refractivity contribution in [1.82, 2.24) is 4.57 Å². The molecular weight excluding hydrogens is 233 g/mol. The Hall–Kier alpha value is -2.10. The molecule has 0 saturated heterocycles. The average molecular weight is 247 g/mol. The van der Waals surface area contributed by atoms with E-state index in [4.69, 9.17) is 4.74 Å². The maximum atomic E-state index is 13.3. The predicted octanol–water partition coefficient (Wildman–Crippen LogP) is 2.73. The van der Waals surface area contributed by atoms with E-state index in [0.29, 0.717) is 17.0 Å². The van der Waals surface area contributed by atoms with Gasteiger partial charge in [0, 0.05) is 19.3 Å². The molecule has 18 heavy (non-hydrogen) atoms. The summed E-state index contributed by atoms with van der Waals surface area (Å²) in [5.41, 5.74) is 1.12. The van der Waals surface area contributed by atoms with E-state index in [1.54, 1.807) is 49.0 Å². The van der Waals surface area contributed by atoms with Gasteiger partial charge in [-0.25, -0.2) is 4.39 Å². The Morgan fingerprint density at radius 2 is 2.17 bits per heavy atom. The molecule has 4 heteroatoms. The maximum absolute atomic E-state index is 13.3. The predicted molar refractivity (Wildman–Crippen MR) is 66.4 cm³/mol. The molecule has 0 atom stereocenters. The SMILES string of the molecule is Cc1ccc(OCC(=O)c2cccn2C)cc1F. The minimum absolute atomic E-state index is 0.0969. The zero-order valence-electron chi connectivity index (χ0n) is 10.3. The molecule has 0 radical (unpaired) electrons. The lowest BCUT2D eigenvalue weighted by atomic mass is 10.2. The molecule has 0 aliphatic rings. The van der Waals surface area contributed by atoms with E-state index in [1.165, 1.54) is 6.07 Å². The Bertz CT molecular complexity index is 575. The molecule has 1 heterocycles. The summed E-state index contributed by atoms with van der Waals surface area (Å²) >= 11 is 0. The van der Waals surface area contributed by atoms with E-state index in [-0.39, 0.29) is 18.2 Å². The van der Waals surface area contributed by atoms with Gasteiger partial charge in [0.05, 0.1) is 5.69 Å². The van der Waals surface area contributed by atoms with Gasteiger partial charge in [-0.2, -0.15) is 0 Å². The number of ketones is 1. The summed E-state index contributed by atoms with van der Waals surface area (Å²) in [6.07, 6.45) is 1.79. The van der Waals surface area contributed by atoms with Gasteiger partial charge in [-0.3, -0.25) is 4.79 Å². The van der Waals surface area contributed by atoms with Gasteiger partial charge in [0.25, 0.3) is 0 Å². The van der Waals surface area contributed by atoms with Crippen LogP contribution in [0.1, 0.15) is 16.1 Å². The number of hydrogen-bond donors (Lipinski definition) is 0. The minimum atomic E-state index is -0.334. The standard InChI is InChI=1S/C14H14FNO2/c1-10-5-6-11(8-12(10)15)18-9-14(17)13-4-3-7-16(13)2/h3-8H,9H2,1-2H3. The molecule has 0 spiro atoms. The van der Waals surface area contributed by atoms with Crippen molar-refractivity contribution in [2.45, 2.75) is 6.92 Å². The van der Waals surface area contributed by atoms with Crippen molar-refractivity contribution in [2.24, 2.45) is 7.05 Å². The van der Waals surface area contributed by atoms with Crippen molar-refractivity contribution in [2.75, 3.05) is 6.61 Å². The normalized spacial score (nSPS) is 10.4. The number of hydrogen-bond acceptors (Lipinski definition) is 2. The second-order valence-corrected chi connectivity index (χ2v) is 4.13. The smallest absolute Gasteiger partial charge is 0.216 e. The third-order valence-electron chi connectivity index (χ3n) is 2.74. The number of carbonyl (C=O) groups is 1.